The highest BCUT2D eigenvalue weighted by atomic mass is 16.5. The average molecular weight is 379 g/mol. The fourth-order valence-corrected chi connectivity index (χ4v) is 2.24. The maximum Gasteiger partial charge on any atom is 0.303 e. The standard InChI is InChI=1S/C12H24O2.C8H18O4/c1-2-3-4-5-6-7-8-9-10-11-12(13)14;1-2-10-5-6-12-8-7-11-4-3-9/h2-11H2,1H3,(H,13,14);9H,2-8H2,1H3. The van der Waals surface area contributed by atoms with Gasteiger partial charge in [-0.1, -0.05) is 58.3 Å². The second-order valence-corrected chi connectivity index (χ2v) is 6.12. The van der Waals surface area contributed by atoms with Gasteiger partial charge >= 0.3 is 5.97 Å². The van der Waals surface area contributed by atoms with E-state index in [0.717, 1.165) is 19.4 Å². The van der Waals surface area contributed by atoms with Crippen LogP contribution in [0, 0.1) is 0 Å². The summed E-state index contributed by atoms with van der Waals surface area (Å²) >= 11 is 0. The van der Waals surface area contributed by atoms with E-state index in [1.54, 1.807) is 0 Å². The van der Waals surface area contributed by atoms with Crippen LogP contribution in [0.15, 0.2) is 0 Å². The molecule has 26 heavy (non-hydrogen) atoms. The summed E-state index contributed by atoms with van der Waals surface area (Å²) in [5, 5.41) is 16.8. The van der Waals surface area contributed by atoms with E-state index in [0.29, 0.717) is 39.5 Å². The van der Waals surface area contributed by atoms with Crippen LogP contribution in [-0.2, 0) is 19.0 Å². The fourth-order valence-electron chi connectivity index (χ4n) is 2.24. The van der Waals surface area contributed by atoms with Gasteiger partial charge in [0.15, 0.2) is 0 Å². The van der Waals surface area contributed by atoms with E-state index < -0.39 is 5.97 Å². The predicted molar refractivity (Wildman–Crippen MR) is 105 cm³/mol. The Balaban J connectivity index is 0. The Morgan fingerprint density at radius 2 is 1.15 bits per heavy atom. The molecule has 0 aliphatic heterocycles. The number of rotatable bonds is 19. The zero-order chi connectivity index (χ0) is 19.7. The van der Waals surface area contributed by atoms with Crippen LogP contribution in [0.5, 0.6) is 0 Å². The van der Waals surface area contributed by atoms with Crippen LogP contribution < -0.4 is 0 Å². The highest BCUT2D eigenvalue weighted by molar-refractivity contribution is 5.66. The van der Waals surface area contributed by atoms with Gasteiger partial charge in [-0.3, -0.25) is 4.79 Å². The summed E-state index contributed by atoms with van der Waals surface area (Å²) in [7, 11) is 0. The third-order valence-corrected chi connectivity index (χ3v) is 3.68. The van der Waals surface area contributed by atoms with Gasteiger partial charge < -0.3 is 24.4 Å². The Morgan fingerprint density at radius 3 is 1.62 bits per heavy atom. The molecule has 0 aromatic heterocycles. The molecule has 0 aromatic carbocycles. The minimum Gasteiger partial charge on any atom is -0.481 e. The lowest BCUT2D eigenvalue weighted by atomic mass is 10.1. The third-order valence-electron chi connectivity index (χ3n) is 3.68. The number of hydrogen-bond acceptors (Lipinski definition) is 5. The minimum atomic E-state index is -0.659. The van der Waals surface area contributed by atoms with Crippen molar-refractivity contribution in [3.63, 3.8) is 0 Å². The number of hydrogen-bond donors (Lipinski definition) is 2. The van der Waals surface area contributed by atoms with Crippen molar-refractivity contribution >= 4 is 5.97 Å². The molecule has 0 rings (SSSR count). The molecule has 0 unspecified atom stereocenters. The highest BCUT2D eigenvalue weighted by Gasteiger charge is 1.96. The largest absolute Gasteiger partial charge is 0.481 e. The molecule has 0 atom stereocenters. The van der Waals surface area contributed by atoms with Gasteiger partial charge in [0.2, 0.25) is 0 Å². The molecule has 158 valence electrons. The smallest absolute Gasteiger partial charge is 0.303 e. The van der Waals surface area contributed by atoms with Gasteiger partial charge in [-0.2, -0.15) is 0 Å². The molecule has 0 aromatic rings. The molecule has 0 aliphatic rings. The van der Waals surface area contributed by atoms with Gasteiger partial charge in [-0.15, -0.1) is 0 Å². The molecular weight excluding hydrogens is 336 g/mol. The zero-order valence-electron chi connectivity index (χ0n) is 17.0. The Bertz CT molecular complexity index is 251. The second kappa shape index (κ2) is 26.5. The second-order valence-electron chi connectivity index (χ2n) is 6.12. The molecule has 0 fully saturated rings. The molecule has 0 saturated carbocycles. The van der Waals surface area contributed by atoms with Gasteiger partial charge in [0.25, 0.3) is 0 Å². The fraction of sp³-hybridized carbons (Fsp3) is 0.950. The predicted octanol–water partition coefficient (Wildman–Crippen LogP) is 4.04. The molecular formula is C20H42O6. The summed E-state index contributed by atoms with van der Waals surface area (Å²) < 4.78 is 15.2. The first-order valence-corrected chi connectivity index (χ1v) is 10.2. The van der Waals surface area contributed by atoms with Crippen molar-refractivity contribution in [2.24, 2.45) is 0 Å². The maximum absolute atomic E-state index is 10.2. The molecule has 0 saturated heterocycles. The van der Waals surface area contributed by atoms with E-state index in [9.17, 15) is 4.79 Å². The number of ether oxygens (including phenoxy) is 3. The van der Waals surface area contributed by atoms with Crippen LogP contribution in [0.1, 0.15) is 78.1 Å². The number of aliphatic carboxylic acids is 1. The van der Waals surface area contributed by atoms with Crippen molar-refractivity contribution in [2.45, 2.75) is 78.1 Å². The summed E-state index contributed by atoms with van der Waals surface area (Å²) in [6, 6.07) is 0. The van der Waals surface area contributed by atoms with Crippen molar-refractivity contribution in [3.05, 3.63) is 0 Å². The Morgan fingerprint density at radius 1 is 0.692 bits per heavy atom. The van der Waals surface area contributed by atoms with E-state index in [4.69, 9.17) is 24.4 Å². The number of unbranched alkanes of at least 4 members (excludes halogenated alkanes) is 8. The first-order valence-electron chi connectivity index (χ1n) is 10.2. The van der Waals surface area contributed by atoms with Gasteiger partial charge in [-0.05, 0) is 13.3 Å². The molecule has 6 nitrogen and oxygen atoms in total. The van der Waals surface area contributed by atoms with E-state index >= 15 is 0 Å². The van der Waals surface area contributed by atoms with E-state index in [-0.39, 0.29) is 6.61 Å². The van der Waals surface area contributed by atoms with Crippen LogP contribution in [0.3, 0.4) is 0 Å². The molecule has 0 bridgehead atoms. The topological polar surface area (TPSA) is 85.2 Å². The highest BCUT2D eigenvalue weighted by Crippen LogP contribution is 2.10. The monoisotopic (exact) mass is 378 g/mol. The van der Waals surface area contributed by atoms with E-state index in [1.165, 1.54) is 44.9 Å². The Kier molecular flexibility index (Phi) is 28.1. The molecule has 0 spiro atoms. The van der Waals surface area contributed by atoms with Gasteiger partial charge in [0.1, 0.15) is 0 Å². The van der Waals surface area contributed by atoms with Crippen LogP contribution in [0.4, 0.5) is 0 Å². The van der Waals surface area contributed by atoms with Gasteiger partial charge in [-0.25, -0.2) is 0 Å². The SMILES string of the molecule is CCCCCCCCCCCC(=O)O.CCOCCOCCOCCO. The van der Waals surface area contributed by atoms with Crippen LogP contribution >= 0.6 is 0 Å². The number of carboxylic acids is 1. The lowest BCUT2D eigenvalue weighted by molar-refractivity contribution is -0.137. The van der Waals surface area contributed by atoms with Gasteiger partial charge in [0.05, 0.1) is 39.6 Å². The van der Waals surface area contributed by atoms with E-state index in [2.05, 4.69) is 6.92 Å². The molecule has 0 aliphatic carbocycles. The lowest BCUT2D eigenvalue weighted by Gasteiger charge is -2.04. The Hall–Kier alpha value is -0.690. The van der Waals surface area contributed by atoms with Gasteiger partial charge in [0, 0.05) is 13.0 Å². The third kappa shape index (κ3) is 31.1. The Labute approximate surface area is 160 Å². The number of carbonyl (C=O) groups is 1. The summed E-state index contributed by atoms with van der Waals surface area (Å²) in [5.74, 6) is -0.659. The summed E-state index contributed by atoms with van der Waals surface area (Å²) in [5.41, 5.74) is 0. The van der Waals surface area contributed by atoms with Crippen molar-refractivity contribution in [3.8, 4) is 0 Å². The maximum atomic E-state index is 10.2. The van der Waals surface area contributed by atoms with E-state index in [1.807, 2.05) is 6.92 Å². The normalized spacial score (nSPS) is 10.4. The molecule has 2 N–H and O–H groups in total. The van der Waals surface area contributed by atoms with Crippen molar-refractivity contribution in [1.82, 2.24) is 0 Å². The molecule has 6 heteroatoms. The zero-order valence-corrected chi connectivity index (χ0v) is 17.0. The average Bonchev–Trinajstić information content (AvgIpc) is 2.63. The molecule has 0 heterocycles. The van der Waals surface area contributed by atoms with Crippen molar-refractivity contribution in [1.29, 1.82) is 0 Å². The van der Waals surface area contributed by atoms with Crippen LogP contribution in [0.25, 0.3) is 0 Å². The quantitative estimate of drug-likeness (QED) is 0.330. The number of aliphatic hydroxyl groups excluding tert-OH is 1. The van der Waals surface area contributed by atoms with Crippen LogP contribution in [0.2, 0.25) is 0 Å². The van der Waals surface area contributed by atoms with Crippen molar-refractivity contribution in [2.75, 3.05) is 46.2 Å². The first-order chi connectivity index (χ1) is 12.7. The molecule has 0 radical (unpaired) electrons. The molecule has 0 amide bonds. The van der Waals surface area contributed by atoms with Crippen LogP contribution in [-0.4, -0.2) is 62.4 Å². The number of carboxylic acid groups (broad SMARTS) is 1. The minimum absolute atomic E-state index is 0.0684. The number of aliphatic hydroxyl groups is 1. The first kappa shape index (κ1) is 27.5. The summed E-state index contributed by atoms with van der Waals surface area (Å²) in [6.07, 6.45) is 11.5. The summed E-state index contributed by atoms with van der Waals surface area (Å²) in [4.78, 5) is 10.2. The lowest BCUT2D eigenvalue weighted by Crippen LogP contribution is -2.10. The summed E-state index contributed by atoms with van der Waals surface area (Å²) in [6.45, 7) is 7.70. The van der Waals surface area contributed by atoms with Crippen molar-refractivity contribution < 1.29 is 29.2 Å².